The van der Waals surface area contributed by atoms with E-state index < -0.39 is 11.9 Å². The lowest BCUT2D eigenvalue weighted by Gasteiger charge is -2.08. The number of nitrogens with one attached hydrogen (secondary N) is 2. The van der Waals surface area contributed by atoms with Crippen LogP contribution in [0.2, 0.25) is 0 Å². The lowest BCUT2D eigenvalue weighted by molar-refractivity contribution is 0.102. The van der Waals surface area contributed by atoms with Crippen molar-refractivity contribution in [2.24, 2.45) is 0 Å². The minimum atomic E-state index is -0.677. The molecule has 0 radical (unpaired) electrons. The highest BCUT2D eigenvalue weighted by molar-refractivity contribution is 6.03. The van der Waals surface area contributed by atoms with Gasteiger partial charge in [0.25, 0.3) is 5.91 Å². The number of aromatic nitrogens is 4. The van der Waals surface area contributed by atoms with E-state index in [9.17, 15) is 9.18 Å². The Morgan fingerprint density at radius 1 is 1.33 bits per heavy atom. The van der Waals surface area contributed by atoms with Crippen LogP contribution in [0.15, 0.2) is 30.6 Å². The Kier molecular flexibility index (Phi) is 3.26. The SMILES string of the molecule is Nc1cc(NC2CC2)c2ncc(C(=O)Nc3ccnc(F)c3)n2n1. The topological polar surface area (TPSA) is 110 Å². The number of hydrogen-bond donors (Lipinski definition) is 3. The van der Waals surface area contributed by atoms with Crippen LogP contribution in [0.25, 0.3) is 5.65 Å². The summed E-state index contributed by atoms with van der Waals surface area (Å²) in [5.41, 5.74) is 7.58. The quantitative estimate of drug-likeness (QED) is 0.629. The van der Waals surface area contributed by atoms with Gasteiger partial charge in [-0.15, -0.1) is 5.10 Å². The van der Waals surface area contributed by atoms with E-state index in [1.165, 1.54) is 23.0 Å². The molecule has 0 unspecified atom stereocenters. The van der Waals surface area contributed by atoms with E-state index in [4.69, 9.17) is 5.73 Å². The second-order valence-corrected chi connectivity index (χ2v) is 5.60. The van der Waals surface area contributed by atoms with Gasteiger partial charge in [0.15, 0.2) is 11.3 Å². The molecule has 1 saturated carbocycles. The van der Waals surface area contributed by atoms with E-state index in [1.54, 1.807) is 6.07 Å². The molecule has 3 heterocycles. The molecule has 4 N–H and O–H groups in total. The minimum Gasteiger partial charge on any atom is -0.382 e. The normalized spacial score (nSPS) is 13.9. The molecule has 9 heteroatoms. The lowest BCUT2D eigenvalue weighted by atomic mass is 10.3. The molecule has 0 aliphatic heterocycles. The second kappa shape index (κ2) is 5.44. The average Bonchev–Trinajstić information content (AvgIpc) is 3.23. The van der Waals surface area contributed by atoms with Crippen LogP contribution in [0.1, 0.15) is 23.3 Å². The van der Waals surface area contributed by atoms with Crippen LogP contribution in [0.4, 0.5) is 21.6 Å². The van der Waals surface area contributed by atoms with Gasteiger partial charge in [-0.2, -0.15) is 4.39 Å². The van der Waals surface area contributed by atoms with Gasteiger partial charge in [0.1, 0.15) is 5.82 Å². The number of nitrogens with two attached hydrogens (primary N) is 1. The van der Waals surface area contributed by atoms with Crippen molar-refractivity contribution in [2.75, 3.05) is 16.4 Å². The highest BCUT2D eigenvalue weighted by atomic mass is 19.1. The number of anilines is 3. The summed E-state index contributed by atoms with van der Waals surface area (Å²) < 4.78 is 14.5. The van der Waals surface area contributed by atoms with Crippen molar-refractivity contribution >= 4 is 28.7 Å². The Balaban J connectivity index is 1.68. The molecule has 8 nitrogen and oxygen atoms in total. The third-order valence-electron chi connectivity index (χ3n) is 3.64. The van der Waals surface area contributed by atoms with Gasteiger partial charge in [-0.25, -0.2) is 14.5 Å². The zero-order valence-corrected chi connectivity index (χ0v) is 12.5. The number of amides is 1. The van der Waals surface area contributed by atoms with Crippen LogP contribution in [0.5, 0.6) is 0 Å². The maximum absolute atomic E-state index is 13.1. The first kappa shape index (κ1) is 14.4. The molecule has 0 spiro atoms. The van der Waals surface area contributed by atoms with Crippen LogP contribution >= 0.6 is 0 Å². The maximum atomic E-state index is 13.1. The number of pyridine rings is 1. The third kappa shape index (κ3) is 2.71. The summed E-state index contributed by atoms with van der Waals surface area (Å²) in [6.07, 6.45) is 4.87. The summed E-state index contributed by atoms with van der Waals surface area (Å²) in [5, 5.41) is 10.1. The molecule has 4 rings (SSSR count). The minimum absolute atomic E-state index is 0.202. The highest BCUT2D eigenvalue weighted by Crippen LogP contribution is 2.28. The molecule has 122 valence electrons. The fourth-order valence-electron chi connectivity index (χ4n) is 2.37. The number of halogens is 1. The lowest BCUT2D eigenvalue weighted by Crippen LogP contribution is -2.16. The monoisotopic (exact) mass is 327 g/mol. The van der Waals surface area contributed by atoms with E-state index >= 15 is 0 Å². The van der Waals surface area contributed by atoms with Crippen LogP contribution in [-0.2, 0) is 0 Å². The number of hydrogen-bond acceptors (Lipinski definition) is 6. The highest BCUT2D eigenvalue weighted by Gasteiger charge is 2.24. The standard InChI is InChI=1S/C15H14FN7O/c16-12-5-9(3-4-18-12)21-15(24)11-7-19-14-10(20-8-1-2-8)6-13(17)22-23(11)14/h3-8,20H,1-2H2,(H2,17,22)(H,18,21,24). The Bertz CT molecular complexity index is 935. The van der Waals surface area contributed by atoms with Gasteiger partial charge in [-0.1, -0.05) is 0 Å². The zero-order chi connectivity index (χ0) is 16.7. The van der Waals surface area contributed by atoms with E-state index in [0.29, 0.717) is 17.4 Å². The Hall–Kier alpha value is -3.23. The first-order chi connectivity index (χ1) is 11.6. The van der Waals surface area contributed by atoms with Crippen LogP contribution < -0.4 is 16.4 Å². The molecular formula is C15H14FN7O. The first-order valence-corrected chi connectivity index (χ1v) is 7.44. The number of rotatable bonds is 4. The molecule has 1 aliphatic rings. The van der Waals surface area contributed by atoms with Gasteiger partial charge in [0.2, 0.25) is 5.95 Å². The van der Waals surface area contributed by atoms with Crippen LogP contribution in [0, 0.1) is 5.95 Å². The van der Waals surface area contributed by atoms with Gasteiger partial charge >= 0.3 is 0 Å². The Labute approximate surface area is 135 Å². The molecule has 0 saturated heterocycles. The van der Waals surface area contributed by atoms with Crippen molar-refractivity contribution in [3.63, 3.8) is 0 Å². The predicted octanol–water partition coefficient (Wildman–Crippen LogP) is 1.67. The zero-order valence-electron chi connectivity index (χ0n) is 12.5. The molecule has 1 fully saturated rings. The predicted molar refractivity (Wildman–Crippen MR) is 86.2 cm³/mol. The van der Waals surface area contributed by atoms with Crippen LogP contribution in [-0.4, -0.2) is 31.5 Å². The van der Waals surface area contributed by atoms with Gasteiger partial charge in [0, 0.05) is 30.1 Å². The van der Waals surface area contributed by atoms with Crippen molar-refractivity contribution in [3.8, 4) is 0 Å². The van der Waals surface area contributed by atoms with E-state index in [2.05, 4.69) is 25.7 Å². The largest absolute Gasteiger partial charge is 0.382 e. The van der Waals surface area contributed by atoms with E-state index in [1.807, 2.05) is 0 Å². The summed E-state index contributed by atoms with van der Waals surface area (Å²) in [6.45, 7) is 0. The van der Waals surface area contributed by atoms with Gasteiger partial charge < -0.3 is 16.4 Å². The molecule has 3 aromatic rings. The number of nitrogen functional groups attached to an aromatic ring is 1. The Morgan fingerprint density at radius 3 is 2.92 bits per heavy atom. The summed E-state index contributed by atoms with van der Waals surface area (Å²) in [7, 11) is 0. The molecule has 3 aromatic heterocycles. The molecule has 0 atom stereocenters. The molecule has 1 amide bonds. The van der Waals surface area contributed by atoms with Crippen molar-refractivity contribution < 1.29 is 9.18 Å². The third-order valence-corrected chi connectivity index (χ3v) is 3.64. The molecule has 1 aliphatic carbocycles. The number of carbonyl (C=O) groups is 1. The number of nitrogens with zero attached hydrogens (tertiary/aromatic N) is 4. The maximum Gasteiger partial charge on any atom is 0.276 e. The van der Waals surface area contributed by atoms with Crippen molar-refractivity contribution in [3.05, 3.63) is 42.2 Å². The average molecular weight is 327 g/mol. The van der Waals surface area contributed by atoms with Crippen molar-refractivity contribution in [1.82, 2.24) is 19.6 Å². The van der Waals surface area contributed by atoms with E-state index in [-0.39, 0.29) is 11.5 Å². The van der Waals surface area contributed by atoms with Crippen molar-refractivity contribution in [2.45, 2.75) is 18.9 Å². The van der Waals surface area contributed by atoms with Crippen molar-refractivity contribution in [1.29, 1.82) is 0 Å². The number of imidazole rings is 1. The smallest absolute Gasteiger partial charge is 0.276 e. The summed E-state index contributed by atoms with van der Waals surface area (Å²) >= 11 is 0. The summed E-state index contributed by atoms with van der Waals surface area (Å²) in [5.74, 6) is -0.875. The fraction of sp³-hybridized carbons (Fsp3) is 0.200. The number of fused-ring (bicyclic) bond motifs is 1. The fourth-order valence-corrected chi connectivity index (χ4v) is 2.37. The molecule has 0 bridgehead atoms. The van der Waals surface area contributed by atoms with Gasteiger partial charge in [-0.3, -0.25) is 4.79 Å². The summed E-state index contributed by atoms with van der Waals surface area (Å²) in [6, 6.07) is 4.72. The summed E-state index contributed by atoms with van der Waals surface area (Å²) in [4.78, 5) is 20.1. The molecule has 24 heavy (non-hydrogen) atoms. The Morgan fingerprint density at radius 2 is 2.17 bits per heavy atom. The number of carbonyl (C=O) groups excluding carboxylic acids is 1. The first-order valence-electron chi connectivity index (χ1n) is 7.44. The van der Waals surface area contributed by atoms with Gasteiger partial charge in [0.05, 0.1) is 11.9 Å². The molecule has 0 aromatic carbocycles. The van der Waals surface area contributed by atoms with Crippen LogP contribution in [0.3, 0.4) is 0 Å². The molecular weight excluding hydrogens is 313 g/mol. The van der Waals surface area contributed by atoms with E-state index in [0.717, 1.165) is 24.6 Å². The second-order valence-electron chi connectivity index (χ2n) is 5.60. The van der Waals surface area contributed by atoms with Gasteiger partial charge in [-0.05, 0) is 18.9 Å².